The summed E-state index contributed by atoms with van der Waals surface area (Å²) in [5.74, 6) is -2.27. The summed E-state index contributed by atoms with van der Waals surface area (Å²) in [6.07, 6.45) is 0. The predicted molar refractivity (Wildman–Crippen MR) is 109 cm³/mol. The van der Waals surface area contributed by atoms with E-state index in [0.717, 1.165) is 16.4 Å². The van der Waals surface area contributed by atoms with E-state index < -0.39 is 17.8 Å². The second-order valence-electron chi connectivity index (χ2n) is 6.26. The lowest BCUT2D eigenvalue weighted by Gasteiger charge is -2.11. The zero-order valence-corrected chi connectivity index (χ0v) is 17.3. The van der Waals surface area contributed by atoms with Crippen LogP contribution in [-0.4, -0.2) is 27.8 Å². The first kappa shape index (κ1) is 22.1. The molecule has 32 heavy (non-hydrogen) atoms. The number of anilines is 2. The summed E-state index contributed by atoms with van der Waals surface area (Å²) < 4.78 is 5.67. The Bertz CT molecular complexity index is 1290. The second-order valence-corrected chi connectivity index (χ2v) is 7.23. The fourth-order valence-electron chi connectivity index (χ4n) is 2.77. The van der Waals surface area contributed by atoms with Crippen LogP contribution in [0.4, 0.5) is 11.5 Å². The van der Waals surface area contributed by atoms with E-state index in [1.165, 1.54) is 31.3 Å². The minimum absolute atomic E-state index is 0.0545. The molecule has 0 spiro atoms. The van der Waals surface area contributed by atoms with Crippen LogP contribution in [0.2, 0.25) is 0 Å². The number of hydrogen-bond donors (Lipinski definition) is 3. The minimum atomic E-state index is -0.862. The number of nitrogens with two attached hydrogens (primary N) is 2. The van der Waals surface area contributed by atoms with Gasteiger partial charge in [0.25, 0.3) is 5.69 Å². The number of primary amides is 1. The molecule has 0 aliphatic heterocycles. The molecule has 5 N–H and O–H groups in total. The number of hydrogen-bond acceptors (Lipinski definition) is 10. The lowest BCUT2D eigenvalue weighted by atomic mass is 10.0. The van der Waals surface area contributed by atoms with Crippen LogP contribution in [0.3, 0.4) is 0 Å². The molecule has 0 aliphatic rings. The van der Waals surface area contributed by atoms with E-state index in [9.17, 15) is 25.2 Å². The number of aromatic nitrogens is 3. The Morgan fingerprint density at radius 3 is 2.44 bits per heavy atom. The first-order valence-corrected chi connectivity index (χ1v) is 9.74. The van der Waals surface area contributed by atoms with Gasteiger partial charge >= 0.3 is 0 Å². The summed E-state index contributed by atoms with van der Waals surface area (Å²) in [6, 6.07) is 9.71. The normalized spacial score (nSPS) is 10.2. The highest BCUT2D eigenvalue weighted by Gasteiger charge is 2.29. The van der Waals surface area contributed by atoms with Crippen LogP contribution in [0.1, 0.15) is 21.5 Å². The largest absolute Gasteiger partial charge is 0.539 e. The molecule has 13 heteroatoms. The third-order valence-corrected chi connectivity index (χ3v) is 5.18. The van der Waals surface area contributed by atoms with Gasteiger partial charge in [-0.15, -0.1) is 0 Å². The summed E-state index contributed by atoms with van der Waals surface area (Å²) in [5, 5.41) is 37.5. The monoisotopic (exact) mass is 450 g/mol. The van der Waals surface area contributed by atoms with Crippen molar-refractivity contribution in [2.45, 2.75) is 5.03 Å². The molecule has 2 aromatic heterocycles. The number of nitrogen functional groups attached to an aromatic ring is 1. The van der Waals surface area contributed by atoms with Crippen molar-refractivity contribution in [3.8, 4) is 29.3 Å². The maximum absolute atomic E-state index is 12.3. The van der Waals surface area contributed by atoms with Gasteiger partial charge in [-0.3, -0.25) is 9.59 Å². The molecule has 2 amide bonds. The summed E-state index contributed by atoms with van der Waals surface area (Å²) in [5.41, 5.74) is 11.3. The van der Waals surface area contributed by atoms with Crippen molar-refractivity contribution in [2.75, 3.05) is 16.8 Å². The van der Waals surface area contributed by atoms with Crippen LogP contribution in [-0.2, 0) is 11.8 Å². The zero-order chi connectivity index (χ0) is 23.4. The molecule has 0 radical (unpaired) electrons. The summed E-state index contributed by atoms with van der Waals surface area (Å²) in [6.45, 7) is 0. The van der Waals surface area contributed by atoms with Crippen molar-refractivity contribution in [1.82, 2.24) is 10.3 Å². The van der Waals surface area contributed by atoms with Gasteiger partial charge in [0.05, 0.1) is 22.2 Å². The Morgan fingerprint density at radius 1 is 1.25 bits per heavy atom. The number of rotatable bonds is 6. The first-order valence-electron chi connectivity index (χ1n) is 8.76. The molecule has 0 saturated carbocycles. The van der Waals surface area contributed by atoms with Crippen molar-refractivity contribution >= 4 is 35.1 Å². The Hall–Kier alpha value is -4.62. The number of nitriles is 2. The topological polar surface area (TPSA) is 212 Å². The van der Waals surface area contributed by atoms with Gasteiger partial charge in [0.15, 0.2) is 13.0 Å². The molecule has 0 atom stereocenters. The quantitative estimate of drug-likeness (QED) is 0.332. The molecule has 3 rings (SSSR count). The molecule has 0 fully saturated rings. The van der Waals surface area contributed by atoms with Gasteiger partial charge in [0, 0.05) is 11.3 Å². The molecule has 1 aromatic carbocycles. The molecule has 0 bridgehead atoms. The number of thioether (sulfide) groups is 1. The van der Waals surface area contributed by atoms with Gasteiger partial charge in [0.2, 0.25) is 11.8 Å². The summed E-state index contributed by atoms with van der Waals surface area (Å²) in [7, 11) is 1.41. The number of amides is 2. The van der Waals surface area contributed by atoms with E-state index in [4.69, 9.17) is 11.5 Å². The van der Waals surface area contributed by atoms with E-state index in [1.807, 2.05) is 12.1 Å². The van der Waals surface area contributed by atoms with Crippen molar-refractivity contribution in [1.29, 1.82) is 10.5 Å². The fraction of sp³-hybridized carbons (Fsp3) is 0.105. The number of benzene rings is 1. The zero-order valence-electron chi connectivity index (χ0n) is 16.4. The highest BCUT2D eigenvalue weighted by Crippen LogP contribution is 2.36. The van der Waals surface area contributed by atoms with Crippen LogP contribution in [0.15, 0.2) is 33.8 Å². The van der Waals surface area contributed by atoms with Gasteiger partial charge in [-0.25, -0.2) is 4.98 Å². The van der Waals surface area contributed by atoms with E-state index in [1.54, 1.807) is 0 Å². The smallest absolute Gasteiger partial charge is 0.266 e. The molecule has 2 heterocycles. The molecular weight excluding hydrogens is 436 g/mol. The number of nitrogens with zero attached hydrogens (tertiary/aromatic N) is 5. The lowest BCUT2D eigenvalue weighted by molar-refractivity contribution is -0.730. The van der Waals surface area contributed by atoms with E-state index in [-0.39, 0.29) is 39.0 Å². The Balaban J connectivity index is 1.89. The maximum Gasteiger partial charge on any atom is 0.266 e. The Kier molecular flexibility index (Phi) is 6.23. The number of aryl methyl sites for hydroxylation is 1. The van der Waals surface area contributed by atoms with Gasteiger partial charge in [-0.2, -0.15) is 10.5 Å². The van der Waals surface area contributed by atoms with Gasteiger partial charge in [0.1, 0.15) is 28.5 Å². The molecule has 0 aliphatic carbocycles. The highest BCUT2D eigenvalue weighted by atomic mass is 32.2. The standard InChI is InChI=1S/C19H14N8O4S/c1-27-15(19(30)31-26-27)14-11(6-20)16(22)25-18(12(14)7-21)32-8-13(28)24-10-4-2-9(3-5-10)17(23)29/h2-5H,8H2,1H3,(H5-,22,23,24,25,26,28,29,30). The van der Waals surface area contributed by atoms with Crippen molar-refractivity contribution < 1.29 is 23.9 Å². The number of pyridine rings is 1. The summed E-state index contributed by atoms with van der Waals surface area (Å²) in [4.78, 5) is 27.5. The molecule has 3 aromatic rings. The van der Waals surface area contributed by atoms with E-state index in [2.05, 4.69) is 20.1 Å². The molecular formula is C19H14N8O4S. The maximum atomic E-state index is 12.3. The van der Waals surface area contributed by atoms with Crippen LogP contribution >= 0.6 is 11.8 Å². The average Bonchev–Trinajstić information content (AvgIpc) is 3.09. The van der Waals surface area contributed by atoms with Crippen LogP contribution in [0, 0.1) is 22.7 Å². The minimum Gasteiger partial charge on any atom is -0.539 e. The SMILES string of the molecule is C[n+]1noc([O-])c1-c1c(C#N)c(N)nc(SCC(=O)Nc2ccc(C(N)=O)cc2)c1C#N. The third-order valence-electron chi connectivity index (χ3n) is 4.21. The van der Waals surface area contributed by atoms with Crippen molar-refractivity contribution in [2.24, 2.45) is 12.8 Å². The average molecular weight is 450 g/mol. The van der Waals surface area contributed by atoms with Gasteiger partial charge in [-0.05, 0) is 24.3 Å². The Morgan fingerprint density at radius 2 is 1.91 bits per heavy atom. The summed E-state index contributed by atoms with van der Waals surface area (Å²) >= 11 is 0.892. The van der Waals surface area contributed by atoms with Crippen LogP contribution < -0.4 is 26.6 Å². The fourth-order valence-corrected chi connectivity index (χ4v) is 3.56. The second kappa shape index (κ2) is 9.03. The van der Waals surface area contributed by atoms with Gasteiger partial charge < -0.3 is 26.4 Å². The number of carbonyl (C=O) groups is 2. The van der Waals surface area contributed by atoms with Crippen LogP contribution in [0.5, 0.6) is 5.95 Å². The number of nitrogens with one attached hydrogen (secondary N) is 1. The molecule has 0 saturated heterocycles. The van der Waals surface area contributed by atoms with E-state index >= 15 is 0 Å². The highest BCUT2D eigenvalue weighted by molar-refractivity contribution is 8.00. The molecule has 12 nitrogen and oxygen atoms in total. The Labute approximate surface area is 185 Å². The predicted octanol–water partition coefficient (Wildman–Crippen LogP) is -0.210. The van der Waals surface area contributed by atoms with Gasteiger partial charge in [-0.1, -0.05) is 16.4 Å². The van der Waals surface area contributed by atoms with Crippen LogP contribution in [0.25, 0.3) is 11.3 Å². The third kappa shape index (κ3) is 4.28. The first-order chi connectivity index (χ1) is 15.3. The molecule has 0 unspecified atom stereocenters. The van der Waals surface area contributed by atoms with E-state index in [0.29, 0.717) is 11.3 Å². The molecule has 160 valence electrons. The lowest BCUT2D eigenvalue weighted by Crippen LogP contribution is -2.32. The number of carbonyl (C=O) groups excluding carboxylic acids is 2. The van der Waals surface area contributed by atoms with Crippen molar-refractivity contribution in [3.05, 3.63) is 41.0 Å². The van der Waals surface area contributed by atoms with Crippen molar-refractivity contribution in [3.63, 3.8) is 0 Å².